The van der Waals surface area contributed by atoms with Crippen molar-refractivity contribution in [3.63, 3.8) is 0 Å². The van der Waals surface area contributed by atoms with E-state index in [0.717, 1.165) is 5.56 Å². The summed E-state index contributed by atoms with van der Waals surface area (Å²) in [6.45, 7) is 4.76. The molecule has 0 unspecified atom stereocenters. The van der Waals surface area contributed by atoms with E-state index in [1.807, 2.05) is 13.0 Å². The van der Waals surface area contributed by atoms with Gasteiger partial charge in [-0.2, -0.15) is 4.31 Å². The molecule has 0 spiro atoms. The minimum atomic E-state index is -3.62. The molecule has 1 aromatic heterocycles. The van der Waals surface area contributed by atoms with Gasteiger partial charge in [0.25, 0.3) is 5.91 Å². The Hall–Kier alpha value is -3.17. The lowest BCUT2D eigenvalue weighted by atomic mass is 10.2. The summed E-state index contributed by atoms with van der Waals surface area (Å²) < 4.78 is 51.6. The molecule has 0 saturated carbocycles. The van der Waals surface area contributed by atoms with E-state index in [-0.39, 0.29) is 50.3 Å². The quantitative estimate of drug-likeness (QED) is 0.546. The summed E-state index contributed by atoms with van der Waals surface area (Å²) in [6.07, 6.45) is 0. The van der Waals surface area contributed by atoms with Gasteiger partial charge < -0.3 is 14.1 Å². The second-order valence-corrected chi connectivity index (χ2v) is 9.88. The molecule has 3 aromatic rings. The molecule has 0 atom stereocenters. The summed E-state index contributed by atoms with van der Waals surface area (Å²) >= 11 is 0. The third-order valence-corrected chi connectivity index (χ3v) is 7.60. The van der Waals surface area contributed by atoms with Crippen LogP contribution in [0.2, 0.25) is 0 Å². The Bertz CT molecular complexity index is 1250. The summed E-state index contributed by atoms with van der Waals surface area (Å²) in [7, 11) is -3.62. The number of piperazine rings is 1. The minimum Gasteiger partial charge on any atom is -0.486 e. The van der Waals surface area contributed by atoms with Crippen LogP contribution in [0.1, 0.15) is 27.4 Å². The maximum atomic E-state index is 13.0. The number of benzene rings is 2. The summed E-state index contributed by atoms with van der Waals surface area (Å²) in [6, 6.07) is 14.1. The Morgan fingerprint density at radius 2 is 1.70 bits per heavy atom. The van der Waals surface area contributed by atoms with Crippen LogP contribution >= 0.6 is 0 Å². The van der Waals surface area contributed by atoms with Gasteiger partial charge in [-0.05, 0) is 61.9 Å². The van der Waals surface area contributed by atoms with Gasteiger partial charge >= 0.3 is 0 Å². The maximum Gasteiger partial charge on any atom is 0.289 e. The number of hydrogen-bond acceptors (Lipinski definition) is 5. The number of amides is 1. The van der Waals surface area contributed by atoms with Gasteiger partial charge in [-0.1, -0.05) is 17.7 Å². The lowest BCUT2D eigenvalue weighted by Gasteiger charge is -2.33. The van der Waals surface area contributed by atoms with Gasteiger partial charge in [0.1, 0.15) is 23.9 Å². The average Bonchev–Trinajstić information content (AvgIpc) is 3.27. The van der Waals surface area contributed by atoms with Crippen LogP contribution in [0.25, 0.3) is 0 Å². The second-order valence-electron chi connectivity index (χ2n) is 7.97. The lowest BCUT2D eigenvalue weighted by molar-refractivity contribution is 0.0662. The van der Waals surface area contributed by atoms with Gasteiger partial charge in [0.15, 0.2) is 5.76 Å². The van der Waals surface area contributed by atoms with Crippen molar-refractivity contribution in [1.82, 2.24) is 9.21 Å². The van der Waals surface area contributed by atoms with E-state index in [1.165, 1.54) is 28.6 Å². The van der Waals surface area contributed by atoms with E-state index in [1.54, 1.807) is 36.1 Å². The molecule has 1 aliphatic heterocycles. The highest BCUT2D eigenvalue weighted by Crippen LogP contribution is 2.23. The Balaban J connectivity index is 1.35. The van der Waals surface area contributed by atoms with Crippen LogP contribution in [0.4, 0.5) is 4.39 Å². The van der Waals surface area contributed by atoms with Crippen molar-refractivity contribution in [1.29, 1.82) is 0 Å². The van der Waals surface area contributed by atoms with Gasteiger partial charge in [-0.3, -0.25) is 4.79 Å². The predicted molar refractivity (Wildman–Crippen MR) is 120 cm³/mol. The van der Waals surface area contributed by atoms with Gasteiger partial charge in [0, 0.05) is 26.2 Å². The van der Waals surface area contributed by atoms with Crippen molar-refractivity contribution < 1.29 is 26.8 Å². The van der Waals surface area contributed by atoms with Crippen molar-refractivity contribution in [3.05, 3.63) is 83.1 Å². The van der Waals surface area contributed by atoms with Crippen LogP contribution in [0.3, 0.4) is 0 Å². The molecular weight excluding hydrogens is 447 g/mol. The van der Waals surface area contributed by atoms with Crippen molar-refractivity contribution in [2.75, 3.05) is 26.2 Å². The van der Waals surface area contributed by atoms with E-state index in [2.05, 4.69) is 0 Å². The van der Waals surface area contributed by atoms with E-state index in [4.69, 9.17) is 9.15 Å². The van der Waals surface area contributed by atoms with Crippen LogP contribution in [-0.2, 0) is 16.6 Å². The summed E-state index contributed by atoms with van der Waals surface area (Å²) in [4.78, 5) is 14.7. The molecule has 0 N–H and O–H groups in total. The molecule has 0 radical (unpaired) electrons. The molecule has 1 saturated heterocycles. The number of halogens is 1. The zero-order chi connectivity index (χ0) is 23.6. The number of sulfonamides is 1. The van der Waals surface area contributed by atoms with Gasteiger partial charge in [0.05, 0.1) is 4.90 Å². The number of aryl methyl sites for hydroxylation is 2. The van der Waals surface area contributed by atoms with Gasteiger partial charge in [-0.15, -0.1) is 0 Å². The SMILES string of the molecule is Cc1ccc(S(=O)(=O)N2CCN(C(=O)c3ccc(COc4ccc(F)cc4)o3)CC2)c(C)c1. The summed E-state index contributed by atoms with van der Waals surface area (Å²) in [5.74, 6) is 0.459. The van der Waals surface area contributed by atoms with Crippen molar-refractivity contribution in [2.45, 2.75) is 25.3 Å². The predicted octanol–water partition coefficient (Wildman–Crippen LogP) is 3.76. The monoisotopic (exact) mass is 472 g/mol. The number of nitrogens with zero attached hydrogens (tertiary/aromatic N) is 2. The van der Waals surface area contributed by atoms with Crippen LogP contribution in [-0.4, -0.2) is 49.7 Å². The second kappa shape index (κ2) is 9.36. The molecule has 1 amide bonds. The smallest absolute Gasteiger partial charge is 0.289 e. The Morgan fingerprint density at radius 3 is 2.36 bits per heavy atom. The Labute approximate surface area is 192 Å². The lowest BCUT2D eigenvalue weighted by Crippen LogP contribution is -2.50. The largest absolute Gasteiger partial charge is 0.486 e. The number of hydrogen-bond donors (Lipinski definition) is 0. The molecule has 0 aliphatic carbocycles. The standard InChI is InChI=1S/C24H25FN2O5S/c1-17-3-10-23(18(2)15-17)33(29,30)27-13-11-26(12-14-27)24(28)22-9-8-21(32-22)16-31-20-6-4-19(25)5-7-20/h3-10,15H,11-14,16H2,1-2H3. The van der Waals surface area contributed by atoms with Crippen molar-refractivity contribution in [3.8, 4) is 5.75 Å². The van der Waals surface area contributed by atoms with Crippen molar-refractivity contribution in [2.24, 2.45) is 0 Å². The third-order valence-electron chi connectivity index (χ3n) is 5.54. The molecule has 1 aliphatic rings. The number of furan rings is 1. The van der Waals surface area contributed by atoms with Gasteiger partial charge in [-0.25, -0.2) is 12.8 Å². The van der Waals surface area contributed by atoms with E-state index >= 15 is 0 Å². The number of carbonyl (C=O) groups excluding carboxylic acids is 1. The fourth-order valence-electron chi connectivity index (χ4n) is 3.77. The first-order chi connectivity index (χ1) is 15.7. The molecular formula is C24H25FN2O5S. The summed E-state index contributed by atoms with van der Waals surface area (Å²) in [5, 5.41) is 0. The van der Waals surface area contributed by atoms with E-state index < -0.39 is 10.0 Å². The normalized spacial score (nSPS) is 14.9. The maximum absolute atomic E-state index is 13.0. The first-order valence-electron chi connectivity index (χ1n) is 10.6. The highest BCUT2D eigenvalue weighted by Gasteiger charge is 2.32. The fraction of sp³-hybridized carbons (Fsp3) is 0.292. The molecule has 4 rings (SSSR count). The highest BCUT2D eigenvalue weighted by molar-refractivity contribution is 7.89. The Kier molecular flexibility index (Phi) is 6.53. The molecule has 1 fully saturated rings. The molecule has 174 valence electrons. The fourth-order valence-corrected chi connectivity index (χ4v) is 5.40. The number of carbonyl (C=O) groups is 1. The average molecular weight is 473 g/mol. The zero-order valence-electron chi connectivity index (χ0n) is 18.5. The molecule has 7 nitrogen and oxygen atoms in total. The van der Waals surface area contributed by atoms with Crippen LogP contribution < -0.4 is 4.74 Å². The van der Waals surface area contributed by atoms with E-state index in [0.29, 0.717) is 22.0 Å². The molecule has 33 heavy (non-hydrogen) atoms. The molecule has 2 aromatic carbocycles. The van der Waals surface area contributed by atoms with E-state index in [9.17, 15) is 17.6 Å². The number of ether oxygens (including phenoxy) is 1. The first kappa shape index (κ1) is 23.0. The van der Waals surface area contributed by atoms with Crippen LogP contribution in [0.15, 0.2) is 63.9 Å². The minimum absolute atomic E-state index is 0.0981. The first-order valence-corrected chi connectivity index (χ1v) is 12.0. The zero-order valence-corrected chi connectivity index (χ0v) is 19.3. The molecule has 0 bridgehead atoms. The third kappa shape index (κ3) is 5.09. The van der Waals surface area contributed by atoms with Crippen LogP contribution in [0.5, 0.6) is 5.75 Å². The summed E-state index contributed by atoms with van der Waals surface area (Å²) in [5.41, 5.74) is 1.71. The molecule has 9 heteroatoms. The van der Waals surface area contributed by atoms with Crippen molar-refractivity contribution >= 4 is 15.9 Å². The molecule has 2 heterocycles. The van der Waals surface area contributed by atoms with Crippen LogP contribution in [0, 0.1) is 19.7 Å². The topological polar surface area (TPSA) is 80.1 Å². The highest BCUT2D eigenvalue weighted by atomic mass is 32.2. The Morgan fingerprint density at radius 1 is 1.00 bits per heavy atom. The van der Waals surface area contributed by atoms with Gasteiger partial charge in [0.2, 0.25) is 10.0 Å². The number of rotatable bonds is 6.